The molecule has 1 radical (unpaired) electrons. The Bertz CT molecular complexity index is 103. The van der Waals surface area contributed by atoms with Crippen LogP contribution in [0, 0.1) is 6.42 Å². The summed E-state index contributed by atoms with van der Waals surface area (Å²) in [7, 11) is 0. The van der Waals surface area contributed by atoms with Gasteiger partial charge < -0.3 is 4.74 Å². The van der Waals surface area contributed by atoms with E-state index in [0.29, 0.717) is 0 Å². The van der Waals surface area contributed by atoms with Crippen LogP contribution in [0.25, 0.3) is 0 Å². The molecule has 0 saturated heterocycles. The van der Waals surface area contributed by atoms with Gasteiger partial charge in [0, 0.05) is 6.92 Å². The van der Waals surface area contributed by atoms with Gasteiger partial charge in [-0.2, -0.15) is 0 Å². The zero-order chi connectivity index (χ0) is 6.69. The van der Waals surface area contributed by atoms with Crippen molar-refractivity contribution < 1.29 is 9.53 Å². The largest absolute Gasteiger partial charge is 0.463 e. The van der Waals surface area contributed by atoms with E-state index < -0.39 is 0 Å². The highest BCUT2D eigenvalue weighted by Crippen LogP contribution is 2.19. The Morgan fingerprint density at radius 3 is 3.00 bits per heavy atom. The minimum absolute atomic E-state index is 0.157. The molecule has 9 heavy (non-hydrogen) atoms. The first-order chi connectivity index (χ1) is 4.29. The molecule has 0 spiro atoms. The third-order valence-corrected chi connectivity index (χ3v) is 1.45. The second-order valence-corrected chi connectivity index (χ2v) is 2.33. The van der Waals surface area contributed by atoms with Crippen molar-refractivity contribution in [1.82, 2.24) is 0 Å². The van der Waals surface area contributed by atoms with Crippen LogP contribution < -0.4 is 0 Å². The van der Waals surface area contributed by atoms with E-state index in [4.69, 9.17) is 4.74 Å². The van der Waals surface area contributed by atoms with Gasteiger partial charge in [-0.1, -0.05) is 0 Å². The molecule has 1 saturated carbocycles. The van der Waals surface area contributed by atoms with Crippen LogP contribution in [0.1, 0.15) is 26.2 Å². The Morgan fingerprint density at radius 1 is 1.78 bits per heavy atom. The molecule has 2 nitrogen and oxygen atoms in total. The van der Waals surface area contributed by atoms with E-state index in [-0.39, 0.29) is 12.1 Å². The summed E-state index contributed by atoms with van der Waals surface area (Å²) in [6.07, 6.45) is 5.40. The Labute approximate surface area is 55.2 Å². The molecule has 0 aromatic rings. The van der Waals surface area contributed by atoms with Crippen LogP contribution in [0.5, 0.6) is 0 Å². The highest BCUT2D eigenvalue weighted by atomic mass is 16.5. The molecule has 0 aliphatic heterocycles. The average Bonchev–Trinajstić information content (AvgIpc) is 2.15. The fraction of sp³-hybridized carbons (Fsp3) is 0.714. The van der Waals surface area contributed by atoms with Gasteiger partial charge in [0.25, 0.3) is 0 Å². The minimum atomic E-state index is -0.157. The lowest BCUT2D eigenvalue weighted by Gasteiger charge is -2.07. The molecule has 0 amide bonds. The molecular formula is C7H11O2. The van der Waals surface area contributed by atoms with E-state index in [0.717, 1.165) is 19.3 Å². The van der Waals surface area contributed by atoms with Crippen LogP contribution in [-0.4, -0.2) is 12.1 Å². The fourth-order valence-electron chi connectivity index (χ4n) is 1.07. The fourth-order valence-corrected chi connectivity index (χ4v) is 1.07. The lowest BCUT2D eigenvalue weighted by atomic mass is 10.3. The second kappa shape index (κ2) is 2.85. The summed E-state index contributed by atoms with van der Waals surface area (Å²) in [4.78, 5) is 10.4. The van der Waals surface area contributed by atoms with Crippen molar-refractivity contribution >= 4 is 5.97 Å². The lowest BCUT2D eigenvalue weighted by Crippen LogP contribution is -2.10. The Kier molecular flexibility index (Phi) is 2.09. The minimum Gasteiger partial charge on any atom is -0.463 e. The Hall–Kier alpha value is -0.530. The smallest absolute Gasteiger partial charge is 0.302 e. The maximum atomic E-state index is 10.4. The molecule has 51 valence electrons. The summed E-state index contributed by atoms with van der Waals surface area (Å²) in [5.41, 5.74) is 0. The van der Waals surface area contributed by atoms with Crippen LogP contribution in [0.15, 0.2) is 0 Å². The van der Waals surface area contributed by atoms with Gasteiger partial charge in [-0.3, -0.25) is 4.79 Å². The molecule has 0 aromatic heterocycles. The normalized spacial score (nSPS) is 20.1. The summed E-state index contributed by atoms with van der Waals surface area (Å²) in [6, 6.07) is 0. The zero-order valence-electron chi connectivity index (χ0n) is 5.59. The van der Waals surface area contributed by atoms with Crippen molar-refractivity contribution in [2.75, 3.05) is 0 Å². The predicted molar refractivity (Wildman–Crippen MR) is 33.7 cm³/mol. The van der Waals surface area contributed by atoms with Gasteiger partial charge >= 0.3 is 5.97 Å². The standard InChI is InChI=1S/C7H11O2/c1-6(8)9-7-4-2-3-5-7/h2,7H,3-5H2,1H3. The van der Waals surface area contributed by atoms with E-state index in [2.05, 4.69) is 6.42 Å². The van der Waals surface area contributed by atoms with Crippen LogP contribution in [0.3, 0.4) is 0 Å². The number of carbonyl (C=O) groups is 1. The summed E-state index contributed by atoms with van der Waals surface area (Å²) < 4.78 is 4.94. The molecule has 1 fully saturated rings. The van der Waals surface area contributed by atoms with Crippen molar-refractivity contribution in [1.29, 1.82) is 0 Å². The van der Waals surface area contributed by atoms with Gasteiger partial charge in [-0.25, -0.2) is 0 Å². The van der Waals surface area contributed by atoms with E-state index >= 15 is 0 Å². The molecule has 1 aliphatic rings. The van der Waals surface area contributed by atoms with Gasteiger partial charge in [0.05, 0.1) is 0 Å². The molecular weight excluding hydrogens is 116 g/mol. The maximum Gasteiger partial charge on any atom is 0.302 e. The molecule has 1 unspecified atom stereocenters. The van der Waals surface area contributed by atoms with Gasteiger partial charge in [0.2, 0.25) is 0 Å². The van der Waals surface area contributed by atoms with E-state index in [9.17, 15) is 4.79 Å². The molecule has 1 atom stereocenters. The maximum absolute atomic E-state index is 10.4. The predicted octanol–water partition coefficient (Wildman–Crippen LogP) is 1.31. The van der Waals surface area contributed by atoms with Gasteiger partial charge in [-0.15, -0.1) is 0 Å². The first-order valence-corrected chi connectivity index (χ1v) is 3.28. The third kappa shape index (κ3) is 2.04. The summed E-state index contributed by atoms with van der Waals surface area (Å²) in [5, 5.41) is 0. The third-order valence-electron chi connectivity index (χ3n) is 1.45. The molecule has 1 rings (SSSR count). The van der Waals surface area contributed by atoms with Crippen LogP contribution in [0.4, 0.5) is 0 Å². The highest BCUT2D eigenvalue weighted by Gasteiger charge is 2.16. The molecule has 1 aliphatic carbocycles. The number of hydrogen-bond acceptors (Lipinski definition) is 2. The topological polar surface area (TPSA) is 26.3 Å². The van der Waals surface area contributed by atoms with E-state index in [1.54, 1.807) is 0 Å². The quantitative estimate of drug-likeness (QED) is 0.496. The summed E-state index contributed by atoms with van der Waals surface area (Å²) in [5.74, 6) is -0.157. The summed E-state index contributed by atoms with van der Waals surface area (Å²) >= 11 is 0. The van der Waals surface area contributed by atoms with Gasteiger partial charge in [0.15, 0.2) is 0 Å². The van der Waals surface area contributed by atoms with E-state index in [1.165, 1.54) is 6.92 Å². The highest BCUT2D eigenvalue weighted by molar-refractivity contribution is 5.66. The first kappa shape index (κ1) is 6.59. The van der Waals surface area contributed by atoms with Crippen molar-refractivity contribution in [3.05, 3.63) is 6.42 Å². The molecule has 2 heteroatoms. The molecule has 0 aromatic carbocycles. The van der Waals surface area contributed by atoms with Crippen LogP contribution >= 0.6 is 0 Å². The Balaban J connectivity index is 2.19. The SMILES string of the molecule is CC(=O)OC1C[CH]CC1. The lowest BCUT2D eigenvalue weighted by molar-refractivity contribution is -0.145. The van der Waals surface area contributed by atoms with Crippen molar-refractivity contribution in [2.24, 2.45) is 0 Å². The number of hydrogen-bond donors (Lipinski definition) is 0. The van der Waals surface area contributed by atoms with Gasteiger partial charge in [-0.05, 0) is 25.7 Å². The average molecular weight is 127 g/mol. The Morgan fingerprint density at radius 2 is 2.56 bits per heavy atom. The summed E-state index contributed by atoms with van der Waals surface area (Å²) in [6.45, 7) is 1.46. The number of ether oxygens (including phenoxy) is 1. The molecule has 0 N–H and O–H groups in total. The van der Waals surface area contributed by atoms with Gasteiger partial charge in [0.1, 0.15) is 6.10 Å². The zero-order valence-corrected chi connectivity index (χ0v) is 5.59. The van der Waals surface area contributed by atoms with Crippen LogP contribution in [0.2, 0.25) is 0 Å². The molecule has 0 heterocycles. The van der Waals surface area contributed by atoms with Crippen molar-refractivity contribution in [3.63, 3.8) is 0 Å². The number of rotatable bonds is 1. The monoisotopic (exact) mass is 127 g/mol. The number of carbonyl (C=O) groups excluding carboxylic acids is 1. The van der Waals surface area contributed by atoms with Crippen molar-refractivity contribution in [3.8, 4) is 0 Å². The van der Waals surface area contributed by atoms with Crippen molar-refractivity contribution in [2.45, 2.75) is 32.3 Å². The van der Waals surface area contributed by atoms with E-state index in [1.807, 2.05) is 0 Å². The number of esters is 1. The molecule has 0 bridgehead atoms. The first-order valence-electron chi connectivity index (χ1n) is 3.28. The second-order valence-electron chi connectivity index (χ2n) is 2.33. The van der Waals surface area contributed by atoms with Crippen LogP contribution in [-0.2, 0) is 9.53 Å².